The first kappa shape index (κ1) is 20.7. The molecule has 0 bridgehead atoms. The SMILES string of the molecule is COc1ccc(C2(C(=O)N3CCC(C(=O)c4cnn5c(C)cc(C)nc45)CC3)CC2)cc1. The van der Waals surface area contributed by atoms with Crippen molar-refractivity contribution in [2.45, 2.75) is 44.9 Å². The van der Waals surface area contributed by atoms with Gasteiger partial charge in [0.1, 0.15) is 5.75 Å². The number of Topliss-reactive ketones (excluding diaryl/α,β-unsaturated/α-hetero) is 1. The van der Waals surface area contributed by atoms with E-state index in [1.807, 2.05) is 49.1 Å². The Labute approximate surface area is 187 Å². The molecule has 3 aromatic rings. The molecule has 32 heavy (non-hydrogen) atoms. The number of nitrogens with zero attached hydrogens (tertiary/aromatic N) is 4. The summed E-state index contributed by atoms with van der Waals surface area (Å²) in [5.74, 6) is 0.966. The Morgan fingerprint density at radius 1 is 1.09 bits per heavy atom. The monoisotopic (exact) mass is 432 g/mol. The topological polar surface area (TPSA) is 76.8 Å². The van der Waals surface area contributed by atoms with Crippen molar-refractivity contribution in [2.24, 2.45) is 5.92 Å². The highest BCUT2D eigenvalue weighted by molar-refractivity contribution is 6.03. The van der Waals surface area contributed by atoms with Crippen LogP contribution in [-0.4, -0.2) is 51.4 Å². The standard InChI is InChI=1S/C25H28N4O3/c1-16-14-17(2)29-23(27-16)21(15-26-29)22(30)18-8-12-28(13-9-18)24(31)25(10-11-25)19-4-6-20(32-3)7-5-19/h4-7,14-15,18H,8-13H2,1-3H3. The van der Waals surface area contributed by atoms with E-state index in [0.717, 1.165) is 35.5 Å². The van der Waals surface area contributed by atoms with Crippen molar-refractivity contribution in [3.63, 3.8) is 0 Å². The lowest BCUT2D eigenvalue weighted by atomic mass is 9.88. The van der Waals surface area contributed by atoms with Gasteiger partial charge < -0.3 is 9.64 Å². The predicted octanol–water partition coefficient (Wildman–Crippen LogP) is 3.51. The minimum Gasteiger partial charge on any atom is -0.497 e. The van der Waals surface area contributed by atoms with E-state index in [-0.39, 0.29) is 17.6 Å². The number of ether oxygens (including phenoxy) is 1. The number of piperidine rings is 1. The zero-order chi connectivity index (χ0) is 22.5. The summed E-state index contributed by atoms with van der Waals surface area (Å²) in [6.07, 6.45) is 4.74. The van der Waals surface area contributed by atoms with E-state index in [9.17, 15) is 9.59 Å². The van der Waals surface area contributed by atoms with Gasteiger partial charge in [-0.2, -0.15) is 5.10 Å². The summed E-state index contributed by atoms with van der Waals surface area (Å²) in [7, 11) is 1.64. The zero-order valence-electron chi connectivity index (χ0n) is 18.8. The van der Waals surface area contributed by atoms with Crippen LogP contribution in [0.15, 0.2) is 36.5 Å². The molecule has 2 aliphatic rings. The molecule has 1 aromatic carbocycles. The van der Waals surface area contributed by atoms with Crippen LogP contribution in [-0.2, 0) is 10.2 Å². The Morgan fingerprint density at radius 2 is 1.78 bits per heavy atom. The highest BCUT2D eigenvalue weighted by atomic mass is 16.5. The summed E-state index contributed by atoms with van der Waals surface area (Å²) < 4.78 is 6.97. The maximum atomic E-state index is 13.4. The maximum Gasteiger partial charge on any atom is 0.233 e. The van der Waals surface area contributed by atoms with E-state index in [2.05, 4.69) is 10.1 Å². The van der Waals surface area contributed by atoms with E-state index >= 15 is 0 Å². The fraction of sp³-hybridized carbons (Fsp3) is 0.440. The third kappa shape index (κ3) is 3.36. The quantitative estimate of drug-likeness (QED) is 0.577. The molecule has 1 amide bonds. The molecule has 1 saturated carbocycles. The van der Waals surface area contributed by atoms with Crippen LogP contribution in [0.5, 0.6) is 5.75 Å². The van der Waals surface area contributed by atoms with Gasteiger partial charge in [0.25, 0.3) is 0 Å². The second-order valence-electron chi connectivity index (χ2n) is 9.07. The van der Waals surface area contributed by atoms with Crippen molar-refractivity contribution in [1.29, 1.82) is 0 Å². The molecule has 2 aromatic heterocycles. The van der Waals surface area contributed by atoms with Crippen LogP contribution in [0, 0.1) is 19.8 Å². The second kappa shape index (κ2) is 7.73. The molecule has 166 valence electrons. The Kier molecular flexibility index (Phi) is 4.99. The number of aromatic nitrogens is 3. The summed E-state index contributed by atoms with van der Waals surface area (Å²) in [5.41, 5.74) is 3.70. The normalized spacial score (nSPS) is 18.0. The lowest BCUT2D eigenvalue weighted by Gasteiger charge is -2.34. The number of ketones is 1. The van der Waals surface area contributed by atoms with E-state index < -0.39 is 5.41 Å². The number of hydrogen-bond donors (Lipinski definition) is 0. The fourth-order valence-electron chi connectivity index (χ4n) is 4.97. The third-order valence-corrected chi connectivity index (χ3v) is 7.00. The van der Waals surface area contributed by atoms with E-state index in [1.165, 1.54) is 0 Å². The van der Waals surface area contributed by atoms with Crippen molar-refractivity contribution in [3.05, 3.63) is 59.0 Å². The maximum absolute atomic E-state index is 13.4. The smallest absolute Gasteiger partial charge is 0.233 e. The number of hydrogen-bond acceptors (Lipinski definition) is 5. The van der Waals surface area contributed by atoms with Gasteiger partial charge in [-0.25, -0.2) is 9.50 Å². The van der Waals surface area contributed by atoms with Crippen molar-refractivity contribution < 1.29 is 14.3 Å². The summed E-state index contributed by atoms with van der Waals surface area (Å²) in [6, 6.07) is 9.79. The number of fused-ring (bicyclic) bond motifs is 1. The molecule has 2 fully saturated rings. The minimum absolute atomic E-state index is 0.0842. The first-order valence-electron chi connectivity index (χ1n) is 11.2. The zero-order valence-corrected chi connectivity index (χ0v) is 18.8. The van der Waals surface area contributed by atoms with Crippen LogP contribution in [0.25, 0.3) is 5.65 Å². The van der Waals surface area contributed by atoms with Crippen LogP contribution in [0.3, 0.4) is 0 Å². The molecule has 1 aliphatic heterocycles. The number of carbonyl (C=O) groups is 2. The van der Waals surface area contributed by atoms with Crippen LogP contribution < -0.4 is 4.74 Å². The van der Waals surface area contributed by atoms with Gasteiger partial charge in [0.2, 0.25) is 5.91 Å². The van der Waals surface area contributed by atoms with E-state index in [1.54, 1.807) is 17.8 Å². The molecule has 3 heterocycles. The molecule has 0 radical (unpaired) electrons. The summed E-state index contributed by atoms with van der Waals surface area (Å²) in [5, 5.41) is 4.36. The Bertz CT molecular complexity index is 1190. The number of likely N-dealkylation sites (tertiary alicyclic amines) is 1. The average Bonchev–Trinajstić information content (AvgIpc) is 3.51. The molecule has 7 heteroatoms. The largest absolute Gasteiger partial charge is 0.497 e. The Hall–Kier alpha value is -3.22. The number of amides is 1. The molecular formula is C25H28N4O3. The Balaban J connectivity index is 1.28. The third-order valence-electron chi connectivity index (χ3n) is 7.00. The van der Waals surface area contributed by atoms with Gasteiger partial charge in [-0.1, -0.05) is 12.1 Å². The number of rotatable bonds is 5. The van der Waals surface area contributed by atoms with Gasteiger partial charge in [0.15, 0.2) is 11.4 Å². The number of methoxy groups -OCH3 is 1. The van der Waals surface area contributed by atoms with E-state index in [4.69, 9.17) is 4.74 Å². The van der Waals surface area contributed by atoms with Gasteiger partial charge in [-0.05, 0) is 63.3 Å². The first-order chi connectivity index (χ1) is 15.4. The molecule has 0 spiro atoms. The molecular weight excluding hydrogens is 404 g/mol. The van der Waals surface area contributed by atoms with Gasteiger partial charge in [0, 0.05) is 30.4 Å². The van der Waals surface area contributed by atoms with Crippen LogP contribution in [0.4, 0.5) is 0 Å². The molecule has 0 unspecified atom stereocenters. The molecule has 0 N–H and O–H groups in total. The summed E-state index contributed by atoms with van der Waals surface area (Å²) >= 11 is 0. The predicted molar refractivity (Wildman–Crippen MR) is 120 cm³/mol. The highest BCUT2D eigenvalue weighted by Crippen LogP contribution is 2.50. The van der Waals surface area contributed by atoms with Crippen molar-refractivity contribution in [3.8, 4) is 5.75 Å². The number of aryl methyl sites for hydroxylation is 2. The van der Waals surface area contributed by atoms with Crippen LogP contribution in [0.2, 0.25) is 0 Å². The first-order valence-corrected chi connectivity index (χ1v) is 11.2. The van der Waals surface area contributed by atoms with E-state index in [0.29, 0.717) is 37.1 Å². The molecule has 5 rings (SSSR count). The fourth-order valence-corrected chi connectivity index (χ4v) is 4.97. The van der Waals surface area contributed by atoms with Crippen molar-refractivity contribution in [2.75, 3.05) is 20.2 Å². The number of benzene rings is 1. The summed E-state index contributed by atoms with van der Waals surface area (Å²) in [4.78, 5) is 33.1. The van der Waals surface area contributed by atoms with Gasteiger partial charge in [-0.3, -0.25) is 9.59 Å². The van der Waals surface area contributed by atoms with Crippen molar-refractivity contribution >= 4 is 17.3 Å². The molecule has 1 aliphatic carbocycles. The van der Waals surface area contributed by atoms with Gasteiger partial charge in [-0.15, -0.1) is 0 Å². The van der Waals surface area contributed by atoms with Gasteiger partial charge in [0.05, 0.1) is 24.3 Å². The number of carbonyl (C=O) groups excluding carboxylic acids is 2. The summed E-state index contributed by atoms with van der Waals surface area (Å²) in [6.45, 7) is 5.11. The Morgan fingerprint density at radius 3 is 2.41 bits per heavy atom. The van der Waals surface area contributed by atoms with Crippen LogP contribution in [0.1, 0.15) is 53.0 Å². The van der Waals surface area contributed by atoms with Gasteiger partial charge >= 0.3 is 0 Å². The second-order valence-corrected chi connectivity index (χ2v) is 9.07. The highest BCUT2D eigenvalue weighted by Gasteiger charge is 2.53. The average molecular weight is 433 g/mol. The lowest BCUT2D eigenvalue weighted by Crippen LogP contribution is -2.45. The molecule has 1 saturated heterocycles. The van der Waals surface area contributed by atoms with Crippen molar-refractivity contribution in [1.82, 2.24) is 19.5 Å². The molecule has 7 nitrogen and oxygen atoms in total. The lowest BCUT2D eigenvalue weighted by molar-refractivity contribution is -0.135. The molecule has 0 atom stereocenters. The van der Waals surface area contributed by atoms with Crippen LogP contribution >= 0.6 is 0 Å². The minimum atomic E-state index is -0.398.